The zero-order valence-electron chi connectivity index (χ0n) is 38.4. The van der Waals surface area contributed by atoms with Crippen molar-refractivity contribution >= 4 is 57.0 Å². The van der Waals surface area contributed by atoms with Gasteiger partial charge in [-0.05, 0) is 94.9 Å². The Bertz CT molecular complexity index is 2200. The number of aromatic nitrogens is 1. The molecule has 2 fully saturated rings. The first-order valence-corrected chi connectivity index (χ1v) is 23.8. The van der Waals surface area contributed by atoms with Crippen LogP contribution in [0.25, 0.3) is 0 Å². The van der Waals surface area contributed by atoms with Crippen LogP contribution in [0.2, 0.25) is 0 Å². The summed E-state index contributed by atoms with van der Waals surface area (Å²) in [6.07, 6.45) is 2.94. The summed E-state index contributed by atoms with van der Waals surface area (Å²) in [6, 6.07) is 10.8. The number of rotatable bonds is 21. The van der Waals surface area contributed by atoms with Gasteiger partial charge in [-0.3, -0.25) is 20.2 Å². The molecular weight excluding hydrogens is 891 g/mol. The Kier molecular flexibility index (Phi) is 18.9. The van der Waals surface area contributed by atoms with Crippen LogP contribution >= 0.6 is 21.6 Å². The molecule has 19 heteroatoms. The fraction of sp³-hybridized carbons (Fsp3) is 0.468. The van der Waals surface area contributed by atoms with Gasteiger partial charge >= 0.3 is 12.2 Å². The van der Waals surface area contributed by atoms with E-state index >= 15 is 0 Å². The quantitative estimate of drug-likeness (QED) is 0.0454. The molecule has 0 spiro atoms. The minimum atomic E-state index is -0.799. The minimum Gasteiger partial charge on any atom is -0.493 e. The van der Waals surface area contributed by atoms with Gasteiger partial charge in [-0.25, -0.2) is 14.6 Å². The Morgan fingerprint density at radius 2 is 1.30 bits per heavy atom. The van der Waals surface area contributed by atoms with Crippen molar-refractivity contribution in [2.45, 2.75) is 87.8 Å². The number of nitrogens with zero attached hydrogens (tertiary/aromatic N) is 3. The second-order valence-corrected chi connectivity index (χ2v) is 19.5. The lowest BCUT2D eigenvalue weighted by molar-refractivity contribution is 0.0634. The Morgan fingerprint density at radius 3 is 1.76 bits per heavy atom. The van der Waals surface area contributed by atoms with Crippen LogP contribution in [0.15, 0.2) is 78.0 Å². The number of ether oxygens (including phenoxy) is 6. The number of hydrogen-bond donors (Lipinski definition) is 4. The second kappa shape index (κ2) is 24.2. The number of methoxy groups -OCH3 is 2. The molecule has 5 rings (SSSR count). The molecule has 66 heavy (non-hydrogen) atoms. The number of benzene rings is 2. The van der Waals surface area contributed by atoms with E-state index in [1.54, 1.807) is 27.0 Å². The number of amides is 4. The third kappa shape index (κ3) is 14.4. The Balaban J connectivity index is 1.23. The number of pyridine rings is 1. The molecule has 0 saturated carbocycles. The van der Waals surface area contributed by atoms with Crippen molar-refractivity contribution in [3.63, 3.8) is 0 Å². The first kappa shape index (κ1) is 51.4. The highest BCUT2D eigenvalue weighted by Crippen LogP contribution is 2.38. The molecule has 2 saturated heterocycles. The average molecular weight is 952 g/mol. The Labute approximate surface area is 394 Å². The van der Waals surface area contributed by atoms with Crippen LogP contribution in [0, 0.1) is 0 Å². The summed E-state index contributed by atoms with van der Waals surface area (Å²) in [7, 11) is 5.88. The van der Waals surface area contributed by atoms with Gasteiger partial charge in [-0.15, -0.1) is 0 Å². The molecular formula is C47H61N5O12S2. The molecule has 0 radical (unpaired) electrons. The molecule has 1 unspecified atom stereocenters. The van der Waals surface area contributed by atoms with Crippen molar-refractivity contribution in [3.05, 3.63) is 84.1 Å². The van der Waals surface area contributed by atoms with E-state index < -0.39 is 41.7 Å². The summed E-state index contributed by atoms with van der Waals surface area (Å²) in [5.74, 6) is 0.262. The molecule has 1 aromatic heterocycles. The van der Waals surface area contributed by atoms with Crippen LogP contribution in [0.5, 0.6) is 23.0 Å². The van der Waals surface area contributed by atoms with Crippen LogP contribution in [0.4, 0.5) is 21.0 Å². The molecule has 4 N–H and O–H groups in total. The summed E-state index contributed by atoms with van der Waals surface area (Å²) >= 11 is 0. The van der Waals surface area contributed by atoms with Gasteiger partial charge in [0.1, 0.15) is 17.2 Å². The third-order valence-corrected chi connectivity index (χ3v) is 13.1. The molecule has 4 amide bonds. The molecule has 3 atom stereocenters. The van der Waals surface area contributed by atoms with Crippen molar-refractivity contribution in [3.8, 4) is 23.0 Å². The molecule has 0 aliphatic carbocycles. The van der Waals surface area contributed by atoms with Gasteiger partial charge < -0.3 is 48.4 Å². The van der Waals surface area contributed by atoms with Crippen LogP contribution in [0.1, 0.15) is 80.5 Å². The summed E-state index contributed by atoms with van der Waals surface area (Å²) < 4.78 is 34.6. The molecule has 2 aromatic carbocycles. The average Bonchev–Trinajstić information content (AvgIpc) is 3.87. The lowest BCUT2D eigenvalue weighted by Crippen LogP contribution is -2.38. The fourth-order valence-corrected chi connectivity index (χ4v) is 9.02. The van der Waals surface area contributed by atoms with Gasteiger partial charge in [0.05, 0.1) is 75.2 Å². The SMILES string of the molecule is C=C1CC(CO)N(C(=O)c2cc(OC)c(OCCCCCOc3cc(NC(=O)OC[C@@H](C)SSc4ccccn4)c(C(=O)N4CC(=C)C[C@H]4CO)cc3OC)cc2NC(=O)OC(C)(C)C)C1. The monoisotopic (exact) mass is 951 g/mol. The Morgan fingerprint density at radius 1 is 0.788 bits per heavy atom. The smallest absolute Gasteiger partial charge is 0.412 e. The van der Waals surface area contributed by atoms with Crippen molar-refractivity contribution in [1.82, 2.24) is 14.8 Å². The van der Waals surface area contributed by atoms with Gasteiger partial charge in [0.2, 0.25) is 0 Å². The maximum atomic E-state index is 14.0. The maximum absolute atomic E-state index is 14.0. The summed E-state index contributed by atoms with van der Waals surface area (Å²) in [5.41, 5.74) is 1.37. The third-order valence-electron chi connectivity index (χ3n) is 10.3. The maximum Gasteiger partial charge on any atom is 0.412 e. The Hall–Kier alpha value is -5.63. The van der Waals surface area contributed by atoms with E-state index in [1.165, 1.54) is 69.9 Å². The van der Waals surface area contributed by atoms with Crippen molar-refractivity contribution < 1.29 is 57.8 Å². The van der Waals surface area contributed by atoms with Gasteiger partial charge in [-0.1, -0.05) is 41.2 Å². The van der Waals surface area contributed by atoms with Crippen LogP contribution in [-0.2, 0) is 9.47 Å². The van der Waals surface area contributed by atoms with E-state index in [0.717, 1.165) is 16.2 Å². The van der Waals surface area contributed by atoms with E-state index in [4.69, 9.17) is 28.4 Å². The number of carbonyl (C=O) groups excluding carboxylic acids is 4. The number of anilines is 2. The standard InChI is InChI=1S/C47H61N5O12S2/c1-29-18-32(26-53)51(24-29)43(55)34-20-38(59-7)40(22-36(34)49-45(57)63-28-31(3)65-66-42-14-10-11-15-48-42)61-16-12-9-13-17-62-41-23-37(50-46(58)64-47(4,5)6)35(21-39(41)60-8)44(56)52-25-30(2)19-33(52)27-54/h10-11,14-15,20-23,31-33,53-54H,1-2,9,12-13,16-19,24-28H2,3-8H3,(H,49,57)(H,50,58)/t31-,32+,33?/m1/s1. The molecule has 358 valence electrons. The topological polar surface area (TPSA) is 208 Å². The van der Waals surface area contributed by atoms with Crippen molar-refractivity contribution in [2.75, 3.05) is 71.0 Å². The summed E-state index contributed by atoms with van der Waals surface area (Å²) in [4.78, 5) is 61.3. The highest BCUT2D eigenvalue weighted by Gasteiger charge is 2.35. The van der Waals surface area contributed by atoms with Gasteiger partial charge in [0, 0.05) is 36.7 Å². The van der Waals surface area contributed by atoms with Gasteiger partial charge in [-0.2, -0.15) is 0 Å². The number of aliphatic hydroxyl groups is 2. The fourth-order valence-electron chi connectivity index (χ4n) is 7.15. The molecule has 2 aliphatic heterocycles. The van der Waals surface area contributed by atoms with Crippen LogP contribution < -0.4 is 29.6 Å². The number of aliphatic hydroxyl groups excluding tert-OH is 2. The molecule has 2 aliphatic rings. The van der Waals surface area contributed by atoms with E-state index in [9.17, 15) is 29.4 Å². The first-order chi connectivity index (χ1) is 31.5. The molecule has 3 aromatic rings. The second-order valence-electron chi connectivity index (χ2n) is 16.8. The number of carbonyl (C=O) groups is 4. The van der Waals surface area contributed by atoms with Crippen LogP contribution in [-0.4, -0.2) is 132 Å². The van der Waals surface area contributed by atoms with Gasteiger partial charge in [0.15, 0.2) is 23.0 Å². The zero-order chi connectivity index (χ0) is 48.0. The number of likely N-dealkylation sites (tertiary alicyclic amines) is 2. The highest BCUT2D eigenvalue weighted by atomic mass is 33.1. The summed E-state index contributed by atoms with van der Waals surface area (Å²) in [5, 5.41) is 26.2. The van der Waals surface area contributed by atoms with Crippen molar-refractivity contribution in [1.29, 1.82) is 0 Å². The normalized spacial score (nSPS) is 16.4. The largest absolute Gasteiger partial charge is 0.493 e. The first-order valence-electron chi connectivity index (χ1n) is 21.6. The predicted octanol–water partition coefficient (Wildman–Crippen LogP) is 7.98. The lowest BCUT2D eigenvalue weighted by atomic mass is 10.1. The lowest BCUT2D eigenvalue weighted by Gasteiger charge is -2.25. The van der Waals surface area contributed by atoms with Crippen LogP contribution in [0.3, 0.4) is 0 Å². The predicted molar refractivity (Wildman–Crippen MR) is 254 cm³/mol. The van der Waals surface area contributed by atoms with Crippen molar-refractivity contribution in [2.24, 2.45) is 0 Å². The highest BCUT2D eigenvalue weighted by molar-refractivity contribution is 8.76. The van der Waals surface area contributed by atoms with E-state index in [1.807, 2.05) is 25.1 Å². The number of unbranched alkanes of at least 4 members (excludes halogenated alkanes) is 2. The number of hydrogen-bond acceptors (Lipinski definition) is 15. The molecule has 3 heterocycles. The van der Waals surface area contributed by atoms with E-state index in [0.29, 0.717) is 37.9 Å². The minimum absolute atomic E-state index is 0.0794. The van der Waals surface area contributed by atoms with Gasteiger partial charge in [0.25, 0.3) is 11.8 Å². The van der Waals surface area contributed by atoms with E-state index in [-0.39, 0.29) is 91.1 Å². The molecule has 0 bridgehead atoms. The van der Waals surface area contributed by atoms with E-state index in [2.05, 4.69) is 28.8 Å². The number of nitrogens with one attached hydrogen (secondary N) is 2. The zero-order valence-corrected chi connectivity index (χ0v) is 40.0. The summed E-state index contributed by atoms with van der Waals surface area (Å²) in [6.45, 7) is 15.7. The molecule has 17 nitrogen and oxygen atoms in total.